The second-order valence-electron chi connectivity index (χ2n) is 5.24. The van der Waals surface area contributed by atoms with Gasteiger partial charge in [0.1, 0.15) is 0 Å². The summed E-state index contributed by atoms with van der Waals surface area (Å²) in [5.41, 5.74) is 1.78. The third kappa shape index (κ3) is 2.10. The Balaban J connectivity index is 2.17. The van der Waals surface area contributed by atoms with Crippen molar-refractivity contribution in [2.75, 3.05) is 20.6 Å². The fraction of sp³-hybridized carbons (Fsp3) is 0.333. The van der Waals surface area contributed by atoms with Crippen molar-refractivity contribution in [3.8, 4) is 0 Å². The van der Waals surface area contributed by atoms with Crippen molar-refractivity contribution in [3.63, 3.8) is 0 Å². The molecular formula is C15H18N4O. The van der Waals surface area contributed by atoms with Crippen LogP contribution < -0.4 is 5.69 Å². The van der Waals surface area contributed by atoms with Crippen LogP contribution in [0.25, 0.3) is 16.4 Å². The zero-order valence-corrected chi connectivity index (χ0v) is 11.8. The summed E-state index contributed by atoms with van der Waals surface area (Å²) in [5.74, 6) is 0. The Labute approximate surface area is 117 Å². The first-order valence-electron chi connectivity index (χ1n) is 6.78. The zero-order valence-electron chi connectivity index (χ0n) is 11.8. The van der Waals surface area contributed by atoms with Crippen LogP contribution in [-0.4, -0.2) is 39.7 Å². The molecule has 2 heterocycles. The fourth-order valence-corrected chi connectivity index (χ4v) is 2.56. The summed E-state index contributed by atoms with van der Waals surface area (Å²) in [6.45, 7) is 1.66. The lowest BCUT2D eigenvalue weighted by molar-refractivity contribution is 0.385. The van der Waals surface area contributed by atoms with E-state index >= 15 is 0 Å². The molecule has 0 radical (unpaired) electrons. The van der Waals surface area contributed by atoms with E-state index < -0.39 is 0 Å². The van der Waals surface area contributed by atoms with Crippen LogP contribution in [0.2, 0.25) is 0 Å². The van der Waals surface area contributed by atoms with E-state index in [-0.39, 0.29) is 5.69 Å². The maximum atomic E-state index is 12.5. The van der Waals surface area contributed by atoms with Gasteiger partial charge in [-0.25, -0.2) is 4.79 Å². The van der Waals surface area contributed by atoms with Crippen LogP contribution in [0, 0.1) is 0 Å². The van der Waals surface area contributed by atoms with Crippen molar-refractivity contribution >= 4 is 16.4 Å². The van der Waals surface area contributed by atoms with Crippen LogP contribution in [0.4, 0.5) is 0 Å². The van der Waals surface area contributed by atoms with Gasteiger partial charge in [-0.05, 0) is 39.2 Å². The van der Waals surface area contributed by atoms with Crippen molar-refractivity contribution in [2.45, 2.75) is 13.0 Å². The average molecular weight is 270 g/mol. The quantitative estimate of drug-likeness (QED) is 0.723. The monoisotopic (exact) mass is 270 g/mol. The largest absolute Gasteiger partial charge is 0.349 e. The first kappa shape index (κ1) is 12.9. The Morgan fingerprint density at radius 3 is 2.75 bits per heavy atom. The molecule has 0 atom stereocenters. The Bertz CT molecular complexity index is 800. The molecule has 5 heteroatoms. The maximum absolute atomic E-state index is 12.5. The molecule has 0 bridgehead atoms. The number of nitrogens with zero attached hydrogens (tertiary/aromatic N) is 4. The second kappa shape index (κ2) is 5.09. The van der Waals surface area contributed by atoms with Crippen molar-refractivity contribution in [2.24, 2.45) is 0 Å². The molecule has 0 aliphatic rings. The first-order chi connectivity index (χ1) is 9.68. The van der Waals surface area contributed by atoms with E-state index in [1.807, 2.05) is 49.0 Å². The van der Waals surface area contributed by atoms with E-state index in [0.717, 1.165) is 29.4 Å². The topological polar surface area (TPSA) is 42.5 Å². The Morgan fingerprint density at radius 2 is 1.95 bits per heavy atom. The van der Waals surface area contributed by atoms with Crippen molar-refractivity contribution < 1.29 is 0 Å². The molecule has 0 fully saturated rings. The van der Waals surface area contributed by atoms with Crippen LogP contribution in [0.15, 0.2) is 41.3 Å². The van der Waals surface area contributed by atoms with Crippen LogP contribution in [0.3, 0.4) is 0 Å². The first-order valence-corrected chi connectivity index (χ1v) is 6.78. The molecule has 0 aliphatic carbocycles. The number of hydrogen-bond acceptors (Lipinski definition) is 3. The summed E-state index contributed by atoms with van der Waals surface area (Å²) < 4.78 is 3.30. The Hall–Kier alpha value is -2.14. The van der Waals surface area contributed by atoms with Crippen LogP contribution in [-0.2, 0) is 6.54 Å². The summed E-state index contributed by atoms with van der Waals surface area (Å²) in [6.07, 6.45) is 2.61. The lowest BCUT2D eigenvalue weighted by Crippen LogP contribution is -2.29. The Kier molecular flexibility index (Phi) is 3.28. The molecule has 0 spiro atoms. The van der Waals surface area contributed by atoms with Gasteiger partial charge < -0.3 is 4.90 Å². The van der Waals surface area contributed by atoms with E-state index in [9.17, 15) is 4.79 Å². The summed E-state index contributed by atoms with van der Waals surface area (Å²) in [4.78, 5) is 14.7. The second-order valence-corrected chi connectivity index (χ2v) is 5.24. The van der Waals surface area contributed by atoms with Gasteiger partial charge in [-0.3, -0.25) is 4.57 Å². The molecule has 0 N–H and O–H groups in total. The molecule has 0 amide bonds. The van der Waals surface area contributed by atoms with Crippen LogP contribution >= 0.6 is 0 Å². The lowest BCUT2D eigenvalue weighted by atomic mass is 10.2. The molecule has 0 unspecified atom stereocenters. The highest BCUT2D eigenvalue weighted by atomic mass is 16.1. The number of fused-ring (bicyclic) bond motifs is 3. The molecule has 2 aromatic heterocycles. The highest BCUT2D eigenvalue weighted by molar-refractivity contribution is 5.93. The predicted molar refractivity (Wildman–Crippen MR) is 80.1 cm³/mol. The van der Waals surface area contributed by atoms with E-state index in [1.54, 1.807) is 6.20 Å². The van der Waals surface area contributed by atoms with Gasteiger partial charge in [-0.1, -0.05) is 18.2 Å². The zero-order chi connectivity index (χ0) is 14.1. The maximum Gasteiger partial charge on any atom is 0.349 e. The highest BCUT2D eigenvalue weighted by Crippen LogP contribution is 2.17. The molecular weight excluding hydrogens is 252 g/mol. The number of aromatic nitrogens is 3. The van der Waals surface area contributed by atoms with Crippen molar-refractivity contribution in [1.29, 1.82) is 0 Å². The number of hydrogen-bond donors (Lipinski definition) is 0. The lowest BCUT2D eigenvalue weighted by Gasteiger charge is -2.13. The third-order valence-corrected chi connectivity index (χ3v) is 3.51. The number of benzene rings is 1. The Morgan fingerprint density at radius 1 is 1.15 bits per heavy atom. The van der Waals surface area contributed by atoms with Gasteiger partial charge in [0.25, 0.3) is 0 Å². The van der Waals surface area contributed by atoms with Crippen LogP contribution in [0.5, 0.6) is 0 Å². The minimum atomic E-state index is -0.0672. The minimum Gasteiger partial charge on any atom is -0.309 e. The summed E-state index contributed by atoms with van der Waals surface area (Å²) >= 11 is 0. The molecule has 0 saturated heterocycles. The molecule has 3 rings (SSSR count). The summed E-state index contributed by atoms with van der Waals surface area (Å²) in [6, 6.07) is 9.88. The molecule has 104 valence electrons. The number of rotatable bonds is 4. The molecule has 0 saturated carbocycles. The third-order valence-electron chi connectivity index (χ3n) is 3.51. The smallest absolute Gasteiger partial charge is 0.309 e. The van der Waals surface area contributed by atoms with E-state index in [4.69, 9.17) is 0 Å². The van der Waals surface area contributed by atoms with E-state index in [0.29, 0.717) is 6.54 Å². The predicted octanol–water partition coefficient (Wildman–Crippen LogP) is 1.60. The number of para-hydroxylation sites is 1. The van der Waals surface area contributed by atoms with Gasteiger partial charge in [0.15, 0.2) is 0 Å². The molecule has 5 nitrogen and oxygen atoms in total. The van der Waals surface area contributed by atoms with Gasteiger partial charge in [0.05, 0.1) is 17.2 Å². The summed E-state index contributed by atoms with van der Waals surface area (Å²) in [7, 11) is 4.08. The molecule has 1 aromatic carbocycles. The average Bonchev–Trinajstić information content (AvgIpc) is 2.92. The minimum absolute atomic E-state index is 0.0672. The van der Waals surface area contributed by atoms with Gasteiger partial charge in [0.2, 0.25) is 0 Å². The molecule has 0 aliphatic heterocycles. The SMILES string of the molecule is CN(C)CCCn1c(=O)n2nccc2c2ccccc21. The van der Waals surface area contributed by atoms with E-state index in [2.05, 4.69) is 10.00 Å². The summed E-state index contributed by atoms with van der Waals surface area (Å²) in [5, 5.41) is 5.21. The van der Waals surface area contributed by atoms with Gasteiger partial charge in [-0.2, -0.15) is 9.61 Å². The van der Waals surface area contributed by atoms with Gasteiger partial charge in [-0.15, -0.1) is 0 Å². The van der Waals surface area contributed by atoms with Gasteiger partial charge in [0, 0.05) is 11.9 Å². The molecule has 20 heavy (non-hydrogen) atoms. The highest BCUT2D eigenvalue weighted by Gasteiger charge is 2.10. The van der Waals surface area contributed by atoms with E-state index in [1.165, 1.54) is 4.52 Å². The normalized spacial score (nSPS) is 11.8. The van der Waals surface area contributed by atoms with Crippen molar-refractivity contribution in [3.05, 3.63) is 47.0 Å². The fourth-order valence-electron chi connectivity index (χ4n) is 2.56. The van der Waals surface area contributed by atoms with Crippen LogP contribution in [0.1, 0.15) is 6.42 Å². The molecule has 3 aromatic rings. The van der Waals surface area contributed by atoms with Crippen molar-refractivity contribution in [1.82, 2.24) is 19.1 Å². The standard InChI is InChI=1S/C15H18N4O/c1-17(2)10-5-11-18-13-7-4-3-6-12(13)14-8-9-16-19(14)15(18)20/h3-4,6-9H,5,10-11H2,1-2H3. The number of aryl methyl sites for hydroxylation is 1. The van der Waals surface area contributed by atoms with Gasteiger partial charge >= 0.3 is 5.69 Å².